The van der Waals surface area contributed by atoms with Crippen LogP contribution in [0.4, 0.5) is 0 Å². The Morgan fingerprint density at radius 1 is 0.224 bits per heavy atom. The third kappa shape index (κ3) is 5.05. The number of rotatable bonds is 5. The zero-order chi connectivity index (χ0) is 38.2. The first-order chi connectivity index (χ1) is 28.8. The van der Waals surface area contributed by atoms with Crippen molar-refractivity contribution < 1.29 is 0 Å². The minimum absolute atomic E-state index is 1.15. The van der Waals surface area contributed by atoms with Crippen LogP contribution in [0.1, 0.15) is 0 Å². The number of hydrogen-bond donors (Lipinski definition) is 0. The van der Waals surface area contributed by atoms with E-state index in [1.165, 1.54) is 98.5 Å². The molecule has 10 aromatic carbocycles. The minimum Gasteiger partial charge on any atom is -0.309 e. The molecule has 2 heterocycles. The smallest absolute Gasteiger partial charge is 0.0541 e. The molecule has 0 unspecified atom stereocenters. The lowest BCUT2D eigenvalue weighted by molar-refractivity contribution is 1.18. The van der Waals surface area contributed by atoms with Gasteiger partial charge < -0.3 is 9.13 Å². The third-order valence-electron chi connectivity index (χ3n) is 12.1. The van der Waals surface area contributed by atoms with Crippen molar-refractivity contribution in [2.75, 3.05) is 0 Å². The molecule has 0 fully saturated rings. The molecule has 0 saturated heterocycles. The molecule has 0 aliphatic carbocycles. The quantitative estimate of drug-likeness (QED) is 0.156. The Bertz CT molecular complexity index is 3480. The summed E-state index contributed by atoms with van der Waals surface area (Å²) >= 11 is 0. The zero-order valence-corrected chi connectivity index (χ0v) is 31.7. The number of hydrogen-bond acceptors (Lipinski definition) is 0. The summed E-state index contributed by atoms with van der Waals surface area (Å²) in [6.45, 7) is 0. The molecule has 0 aliphatic heterocycles. The fourth-order valence-corrected chi connectivity index (χ4v) is 9.40. The van der Waals surface area contributed by atoms with E-state index in [1.807, 2.05) is 0 Å². The molecule has 2 aromatic heterocycles. The lowest BCUT2D eigenvalue weighted by atomic mass is 9.92. The van der Waals surface area contributed by atoms with Crippen LogP contribution >= 0.6 is 0 Å². The van der Waals surface area contributed by atoms with Crippen LogP contribution in [0.2, 0.25) is 0 Å². The van der Waals surface area contributed by atoms with Gasteiger partial charge in [-0.25, -0.2) is 0 Å². The van der Waals surface area contributed by atoms with Gasteiger partial charge in [-0.3, -0.25) is 0 Å². The van der Waals surface area contributed by atoms with Crippen molar-refractivity contribution in [2.24, 2.45) is 0 Å². The molecule has 0 atom stereocenters. The van der Waals surface area contributed by atoms with Gasteiger partial charge in [0.1, 0.15) is 0 Å². The van der Waals surface area contributed by atoms with Crippen molar-refractivity contribution in [1.29, 1.82) is 0 Å². The number of para-hydroxylation sites is 2. The van der Waals surface area contributed by atoms with Crippen molar-refractivity contribution in [3.8, 4) is 44.8 Å². The lowest BCUT2D eigenvalue weighted by Crippen LogP contribution is -1.94. The first-order valence-corrected chi connectivity index (χ1v) is 20.0. The van der Waals surface area contributed by atoms with Gasteiger partial charge in [-0.2, -0.15) is 0 Å². The Labute approximate surface area is 336 Å². The molecular formula is C56H36N2. The van der Waals surface area contributed by atoms with E-state index in [9.17, 15) is 0 Å². The van der Waals surface area contributed by atoms with Gasteiger partial charge in [0.25, 0.3) is 0 Å². The van der Waals surface area contributed by atoms with Gasteiger partial charge in [-0.05, 0) is 122 Å². The summed E-state index contributed by atoms with van der Waals surface area (Å²) in [5, 5.41) is 10.1. The molecule has 12 aromatic rings. The molecule has 12 rings (SSSR count). The maximum absolute atomic E-state index is 2.42. The molecule has 58 heavy (non-hydrogen) atoms. The molecule has 0 saturated carbocycles. The standard InChI is InChI=1S/C56H36N2/c1-2-12-37(13-3-1)38-22-28-44(29-23-38)57-52-20-10-8-18-48(52)50-35-40(26-32-54(50)57)41-27-33-55-51(36-41)49-19-9-11-21-53(49)58(55)45-30-24-39(25-31-45)56-46-16-6-4-14-42(46)34-43-15-5-7-17-47(43)56/h1-36H. The van der Waals surface area contributed by atoms with E-state index in [1.54, 1.807) is 0 Å². The normalized spacial score (nSPS) is 11.8. The summed E-state index contributed by atoms with van der Waals surface area (Å²) in [4.78, 5) is 0. The lowest BCUT2D eigenvalue weighted by Gasteiger charge is -2.14. The molecule has 0 amide bonds. The van der Waals surface area contributed by atoms with Crippen molar-refractivity contribution in [3.05, 3.63) is 218 Å². The zero-order valence-electron chi connectivity index (χ0n) is 31.7. The van der Waals surface area contributed by atoms with Gasteiger partial charge in [0.2, 0.25) is 0 Å². The second-order valence-corrected chi connectivity index (χ2v) is 15.3. The van der Waals surface area contributed by atoms with Crippen molar-refractivity contribution >= 4 is 65.2 Å². The largest absolute Gasteiger partial charge is 0.309 e. The number of aromatic nitrogens is 2. The fraction of sp³-hybridized carbons (Fsp3) is 0. The monoisotopic (exact) mass is 736 g/mol. The van der Waals surface area contributed by atoms with Gasteiger partial charge in [-0.15, -0.1) is 0 Å². The summed E-state index contributed by atoms with van der Waals surface area (Å²) in [5.74, 6) is 0. The van der Waals surface area contributed by atoms with Crippen molar-refractivity contribution in [2.45, 2.75) is 0 Å². The van der Waals surface area contributed by atoms with Crippen LogP contribution in [0, 0.1) is 0 Å². The van der Waals surface area contributed by atoms with E-state index in [4.69, 9.17) is 0 Å². The highest BCUT2D eigenvalue weighted by Gasteiger charge is 2.17. The van der Waals surface area contributed by atoms with Crippen molar-refractivity contribution in [1.82, 2.24) is 9.13 Å². The average Bonchev–Trinajstić information content (AvgIpc) is 3.81. The van der Waals surface area contributed by atoms with Gasteiger partial charge in [0.15, 0.2) is 0 Å². The molecule has 0 bridgehead atoms. The van der Waals surface area contributed by atoms with Crippen LogP contribution < -0.4 is 0 Å². The van der Waals surface area contributed by atoms with Crippen LogP contribution in [-0.4, -0.2) is 9.13 Å². The van der Waals surface area contributed by atoms with Gasteiger partial charge in [-0.1, -0.05) is 152 Å². The predicted octanol–water partition coefficient (Wildman–Crippen LogP) is 15.2. The first kappa shape index (κ1) is 32.6. The Kier molecular flexibility index (Phi) is 7.26. The summed E-state index contributed by atoms with van der Waals surface area (Å²) in [7, 11) is 0. The Morgan fingerprint density at radius 2 is 0.603 bits per heavy atom. The van der Waals surface area contributed by atoms with Crippen LogP contribution in [0.3, 0.4) is 0 Å². The average molecular weight is 737 g/mol. The molecule has 0 N–H and O–H groups in total. The van der Waals surface area contributed by atoms with E-state index in [2.05, 4.69) is 228 Å². The van der Waals surface area contributed by atoms with Crippen LogP contribution in [0.5, 0.6) is 0 Å². The van der Waals surface area contributed by atoms with Crippen molar-refractivity contribution in [3.63, 3.8) is 0 Å². The molecule has 0 aliphatic rings. The van der Waals surface area contributed by atoms with Crippen LogP contribution in [0.15, 0.2) is 218 Å². The SMILES string of the molecule is c1ccc(-c2ccc(-n3c4ccccc4c4cc(-c5ccc6c(c5)c5ccccc5n6-c5ccc(-c6c7ccccc7cc7ccccc67)cc5)ccc43)cc2)cc1. The van der Waals surface area contributed by atoms with E-state index >= 15 is 0 Å². The highest BCUT2D eigenvalue weighted by atomic mass is 15.0. The van der Waals surface area contributed by atoms with Gasteiger partial charge in [0, 0.05) is 32.9 Å². The molecule has 0 spiro atoms. The summed E-state index contributed by atoms with van der Waals surface area (Å²) in [6, 6.07) is 79.9. The number of fused-ring (bicyclic) bond motifs is 8. The summed E-state index contributed by atoms with van der Waals surface area (Å²) in [6.07, 6.45) is 0. The Morgan fingerprint density at radius 3 is 1.12 bits per heavy atom. The predicted molar refractivity (Wildman–Crippen MR) is 246 cm³/mol. The topological polar surface area (TPSA) is 9.86 Å². The summed E-state index contributed by atoms with van der Waals surface area (Å²) in [5.41, 5.74) is 14.5. The van der Waals surface area contributed by atoms with Crippen LogP contribution in [-0.2, 0) is 0 Å². The second kappa shape index (κ2) is 12.9. The molecular weight excluding hydrogens is 701 g/mol. The summed E-state index contributed by atoms with van der Waals surface area (Å²) < 4.78 is 4.81. The Balaban J connectivity index is 0.961. The highest BCUT2D eigenvalue weighted by Crippen LogP contribution is 2.40. The molecule has 270 valence electrons. The number of benzene rings is 10. The number of nitrogens with zero attached hydrogens (tertiary/aromatic N) is 2. The van der Waals surface area contributed by atoms with E-state index < -0.39 is 0 Å². The second-order valence-electron chi connectivity index (χ2n) is 15.3. The Hall–Kier alpha value is -7.68. The maximum atomic E-state index is 2.42. The highest BCUT2D eigenvalue weighted by molar-refractivity contribution is 6.14. The molecule has 0 radical (unpaired) electrons. The first-order valence-electron chi connectivity index (χ1n) is 20.0. The van der Waals surface area contributed by atoms with Gasteiger partial charge >= 0.3 is 0 Å². The molecule has 2 heteroatoms. The molecule has 2 nitrogen and oxygen atoms in total. The van der Waals surface area contributed by atoms with Crippen LogP contribution in [0.25, 0.3) is 110 Å². The minimum atomic E-state index is 1.15. The van der Waals surface area contributed by atoms with Gasteiger partial charge in [0.05, 0.1) is 22.1 Å². The third-order valence-corrected chi connectivity index (χ3v) is 12.1. The maximum Gasteiger partial charge on any atom is 0.0541 e. The van der Waals surface area contributed by atoms with E-state index in [-0.39, 0.29) is 0 Å². The van der Waals surface area contributed by atoms with E-state index in [0.29, 0.717) is 0 Å². The fourth-order valence-electron chi connectivity index (χ4n) is 9.40. The van der Waals surface area contributed by atoms with E-state index in [0.717, 1.165) is 11.4 Å².